The number of hydrogen-bond acceptors (Lipinski definition) is 5. The van der Waals surface area contributed by atoms with Gasteiger partial charge in [-0.1, -0.05) is 194 Å². The second-order valence-corrected chi connectivity index (χ2v) is 14.6. The van der Waals surface area contributed by atoms with Crippen LogP contribution in [0.4, 0.5) is 0 Å². The first-order chi connectivity index (χ1) is 29.7. The molecule has 0 spiro atoms. The predicted molar refractivity (Wildman–Crippen MR) is 244 cm³/mol. The lowest BCUT2D eigenvalue weighted by Gasteiger charge is -2.13. The molecule has 5 nitrogen and oxygen atoms in total. The van der Waals surface area contributed by atoms with Crippen LogP contribution in [0.3, 0.4) is 0 Å². The van der Waals surface area contributed by atoms with Gasteiger partial charge in [-0.25, -0.2) is 24.9 Å². The molecule has 0 saturated carbocycles. The molecular weight excluding hydrogens is 731 g/mol. The van der Waals surface area contributed by atoms with E-state index in [-0.39, 0.29) is 0 Å². The smallest absolute Gasteiger partial charge is 0.164 e. The van der Waals surface area contributed by atoms with Crippen molar-refractivity contribution in [3.05, 3.63) is 224 Å². The fraction of sp³-hybridized carbons (Fsp3) is 0. The largest absolute Gasteiger partial charge is 0.228 e. The first-order valence-electron chi connectivity index (χ1n) is 20.0. The van der Waals surface area contributed by atoms with Gasteiger partial charge in [0.1, 0.15) is 0 Å². The molecule has 0 radical (unpaired) electrons. The van der Waals surface area contributed by atoms with Crippen molar-refractivity contribution in [2.75, 3.05) is 0 Å². The van der Waals surface area contributed by atoms with Crippen molar-refractivity contribution in [2.24, 2.45) is 0 Å². The molecule has 10 aromatic rings. The Morgan fingerprint density at radius 2 is 0.467 bits per heavy atom. The van der Waals surface area contributed by atoms with E-state index >= 15 is 0 Å². The molecule has 0 aliphatic rings. The SMILES string of the molecule is c1ccc(-c2cc(-c3ccccc3)cc(-c3nc(-c4ccccc4)cc(-c4cccc(-c5ccc(-c6nc(-c7ccccc7)nc(-c7ccccc7)n6)cc5)c4)n3)c2)cc1. The highest BCUT2D eigenvalue weighted by atomic mass is 15.0. The highest BCUT2D eigenvalue weighted by Crippen LogP contribution is 2.35. The molecule has 282 valence electrons. The van der Waals surface area contributed by atoms with E-state index in [2.05, 4.69) is 133 Å². The predicted octanol–water partition coefficient (Wildman–Crippen LogP) is 13.7. The van der Waals surface area contributed by atoms with Crippen molar-refractivity contribution >= 4 is 0 Å². The second kappa shape index (κ2) is 16.4. The Morgan fingerprint density at radius 3 is 0.950 bits per heavy atom. The Hall–Kier alpha value is -8.15. The monoisotopic (exact) mass is 767 g/mol. The highest BCUT2D eigenvalue weighted by Gasteiger charge is 2.16. The second-order valence-electron chi connectivity index (χ2n) is 14.6. The van der Waals surface area contributed by atoms with Crippen LogP contribution in [0.2, 0.25) is 0 Å². The summed E-state index contributed by atoms with van der Waals surface area (Å²) < 4.78 is 0. The minimum absolute atomic E-state index is 0.622. The quantitative estimate of drug-likeness (QED) is 0.146. The molecule has 8 aromatic carbocycles. The summed E-state index contributed by atoms with van der Waals surface area (Å²) in [7, 11) is 0. The van der Waals surface area contributed by atoms with Crippen LogP contribution in [0.1, 0.15) is 0 Å². The van der Waals surface area contributed by atoms with Crippen LogP contribution in [-0.4, -0.2) is 24.9 Å². The topological polar surface area (TPSA) is 64.5 Å². The third-order valence-electron chi connectivity index (χ3n) is 10.5. The van der Waals surface area contributed by atoms with Crippen molar-refractivity contribution < 1.29 is 0 Å². The third-order valence-corrected chi connectivity index (χ3v) is 10.5. The van der Waals surface area contributed by atoms with Gasteiger partial charge in [0.25, 0.3) is 0 Å². The third kappa shape index (κ3) is 7.76. The summed E-state index contributed by atoms with van der Waals surface area (Å²) in [5.41, 5.74) is 14.1. The van der Waals surface area contributed by atoms with Gasteiger partial charge in [0.15, 0.2) is 23.3 Å². The van der Waals surface area contributed by atoms with E-state index in [1.807, 2.05) is 91.0 Å². The van der Waals surface area contributed by atoms with Crippen LogP contribution >= 0.6 is 0 Å². The Kier molecular flexibility index (Phi) is 9.88. The van der Waals surface area contributed by atoms with Crippen LogP contribution in [0, 0.1) is 0 Å². The van der Waals surface area contributed by atoms with Gasteiger partial charge < -0.3 is 0 Å². The standard InChI is InChI=1S/C55H37N5/c1-6-17-38(18-7-1)47-34-48(39-19-8-2-9-20-39)36-49(35-47)55-56-50(41-21-10-3-11-22-41)37-51(57-55)46-28-16-27-45(33-46)40-29-31-44(32-30-40)54-59-52(42-23-12-4-13-24-42)58-53(60-54)43-25-14-5-15-26-43/h1-37H. The molecule has 2 heterocycles. The average molecular weight is 768 g/mol. The minimum atomic E-state index is 0.622. The molecule has 2 aromatic heterocycles. The van der Waals surface area contributed by atoms with E-state index in [1.54, 1.807) is 0 Å². The van der Waals surface area contributed by atoms with Crippen molar-refractivity contribution in [3.63, 3.8) is 0 Å². The molecule has 0 aliphatic heterocycles. The summed E-state index contributed by atoms with van der Waals surface area (Å²) in [5, 5.41) is 0. The summed E-state index contributed by atoms with van der Waals surface area (Å²) >= 11 is 0. The first-order valence-corrected chi connectivity index (χ1v) is 20.0. The lowest BCUT2D eigenvalue weighted by molar-refractivity contribution is 1.07. The van der Waals surface area contributed by atoms with Crippen LogP contribution in [0.5, 0.6) is 0 Å². The Balaban J connectivity index is 1.04. The van der Waals surface area contributed by atoms with Crippen molar-refractivity contribution in [1.29, 1.82) is 0 Å². The molecule has 0 unspecified atom stereocenters. The summed E-state index contributed by atoms with van der Waals surface area (Å²) in [6.45, 7) is 0. The van der Waals surface area contributed by atoms with Crippen LogP contribution in [-0.2, 0) is 0 Å². The lowest BCUT2D eigenvalue weighted by Crippen LogP contribution is -2.00. The fourth-order valence-electron chi connectivity index (χ4n) is 7.44. The van der Waals surface area contributed by atoms with E-state index < -0.39 is 0 Å². The van der Waals surface area contributed by atoms with Crippen molar-refractivity contribution in [1.82, 2.24) is 24.9 Å². The van der Waals surface area contributed by atoms with E-state index in [1.165, 1.54) is 0 Å². The van der Waals surface area contributed by atoms with Crippen LogP contribution < -0.4 is 0 Å². The molecule has 60 heavy (non-hydrogen) atoms. The zero-order chi connectivity index (χ0) is 40.1. The van der Waals surface area contributed by atoms with Crippen molar-refractivity contribution in [3.8, 4) is 101 Å². The molecule has 0 atom stereocenters. The van der Waals surface area contributed by atoms with E-state index in [4.69, 9.17) is 24.9 Å². The number of aromatic nitrogens is 5. The highest BCUT2D eigenvalue weighted by molar-refractivity contribution is 5.82. The maximum atomic E-state index is 5.29. The molecule has 10 rings (SSSR count). The Bertz CT molecular complexity index is 2930. The van der Waals surface area contributed by atoms with Gasteiger partial charge in [-0.15, -0.1) is 0 Å². The molecule has 0 saturated heterocycles. The Morgan fingerprint density at radius 1 is 0.167 bits per heavy atom. The summed E-state index contributed by atoms with van der Waals surface area (Å²) in [6, 6.07) is 77.1. The Labute approximate surface area is 349 Å². The van der Waals surface area contributed by atoms with Gasteiger partial charge in [-0.3, -0.25) is 0 Å². The van der Waals surface area contributed by atoms with Gasteiger partial charge in [-0.05, 0) is 63.7 Å². The zero-order valence-electron chi connectivity index (χ0n) is 32.6. The molecule has 0 aliphatic carbocycles. The maximum Gasteiger partial charge on any atom is 0.164 e. The zero-order valence-corrected chi connectivity index (χ0v) is 32.6. The summed E-state index contributed by atoms with van der Waals surface area (Å²) in [5.74, 6) is 2.56. The molecular formula is C55H37N5. The molecule has 0 amide bonds. The normalized spacial score (nSPS) is 11.0. The molecule has 5 heteroatoms. The van der Waals surface area contributed by atoms with Gasteiger partial charge in [-0.2, -0.15) is 0 Å². The van der Waals surface area contributed by atoms with Crippen molar-refractivity contribution in [2.45, 2.75) is 0 Å². The number of hydrogen-bond donors (Lipinski definition) is 0. The average Bonchev–Trinajstić information content (AvgIpc) is 3.35. The summed E-state index contributed by atoms with van der Waals surface area (Å²) in [6.07, 6.45) is 0. The first kappa shape index (κ1) is 36.2. The lowest BCUT2D eigenvalue weighted by atomic mass is 9.95. The van der Waals surface area contributed by atoms with E-state index in [0.717, 1.165) is 78.1 Å². The fourth-order valence-corrected chi connectivity index (χ4v) is 7.44. The molecule has 0 bridgehead atoms. The molecule has 0 fully saturated rings. The number of rotatable bonds is 9. The molecule has 0 N–H and O–H groups in total. The van der Waals surface area contributed by atoms with Crippen LogP contribution in [0.25, 0.3) is 101 Å². The summed E-state index contributed by atoms with van der Waals surface area (Å²) in [4.78, 5) is 25.2. The maximum absolute atomic E-state index is 5.29. The van der Waals surface area contributed by atoms with Crippen LogP contribution in [0.15, 0.2) is 224 Å². The van der Waals surface area contributed by atoms with E-state index in [9.17, 15) is 0 Å². The minimum Gasteiger partial charge on any atom is -0.228 e. The van der Waals surface area contributed by atoms with Gasteiger partial charge >= 0.3 is 0 Å². The van der Waals surface area contributed by atoms with E-state index in [0.29, 0.717) is 23.3 Å². The van der Waals surface area contributed by atoms with Gasteiger partial charge in [0.05, 0.1) is 11.4 Å². The number of nitrogens with zero attached hydrogens (tertiary/aromatic N) is 5. The van der Waals surface area contributed by atoms with Gasteiger partial charge in [0.2, 0.25) is 0 Å². The van der Waals surface area contributed by atoms with Gasteiger partial charge in [0, 0.05) is 33.4 Å². The number of benzene rings is 8.